The zero-order valence-electron chi connectivity index (χ0n) is 15.2. The van der Waals surface area contributed by atoms with Gasteiger partial charge in [-0.05, 0) is 70.5 Å². The van der Waals surface area contributed by atoms with Gasteiger partial charge in [0.15, 0.2) is 16.7 Å². The van der Waals surface area contributed by atoms with E-state index in [0.717, 1.165) is 23.1 Å². The SMILES string of the molecule is CCOc1cc(/C=C2/SC(N)=NC2=O)cc(Br)c1OCCOc1ccccc1. The highest BCUT2D eigenvalue weighted by atomic mass is 79.9. The summed E-state index contributed by atoms with van der Waals surface area (Å²) in [5, 5.41) is 0.249. The van der Waals surface area contributed by atoms with Gasteiger partial charge in [0.1, 0.15) is 19.0 Å². The largest absolute Gasteiger partial charge is 0.490 e. The summed E-state index contributed by atoms with van der Waals surface area (Å²) in [5.41, 5.74) is 6.38. The molecular weight excluding hydrogens is 444 g/mol. The van der Waals surface area contributed by atoms with Gasteiger partial charge in [-0.15, -0.1) is 0 Å². The lowest BCUT2D eigenvalue weighted by Gasteiger charge is -2.15. The number of ether oxygens (including phenoxy) is 3. The zero-order chi connectivity index (χ0) is 19.9. The summed E-state index contributed by atoms with van der Waals surface area (Å²) in [6, 6.07) is 13.2. The molecule has 0 unspecified atom stereocenters. The number of carbonyl (C=O) groups is 1. The first-order valence-corrected chi connectivity index (χ1v) is 10.2. The Morgan fingerprint density at radius 3 is 2.57 bits per heavy atom. The number of hydrogen-bond acceptors (Lipinski definition) is 6. The molecule has 146 valence electrons. The maximum absolute atomic E-state index is 11.8. The van der Waals surface area contributed by atoms with Crippen molar-refractivity contribution in [1.82, 2.24) is 0 Å². The topological polar surface area (TPSA) is 83.1 Å². The number of thioether (sulfide) groups is 1. The molecule has 1 amide bonds. The minimum atomic E-state index is -0.338. The molecule has 8 heteroatoms. The summed E-state index contributed by atoms with van der Waals surface area (Å²) >= 11 is 4.67. The second-order valence-electron chi connectivity index (χ2n) is 5.64. The van der Waals surface area contributed by atoms with Crippen LogP contribution in [0.5, 0.6) is 17.2 Å². The number of nitrogens with zero attached hydrogens (tertiary/aromatic N) is 1. The molecule has 2 aromatic carbocycles. The van der Waals surface area contributed by atoms with Crippen LogP contribution in [-0.2, 0) is 4.79 Å². The summed E-state index contributed by atoms with van der Waals surface area (Å²) in [6.07, 6.45) is 1.73. The third-order valence-corrected chi connectivity index (χ3v) is 5.01. The number of para-hydroxylation sites is 1. The van der Waals surface area contributed by atoms with Gasteiger partial charge in [0.05, 0.1) is 16.0 Å². The van der Waals surface area contributed by atoms with Crippen molar-refractivity contribution < 1.29 is 19.0 Å². The van der Waals surface area contributed by atoms with Crippen molar-refractivity contribution in [2.45, 2.75) is 6.92 Å². The van der Waals surface area contributed by atoms with E-state index in [1.54, 1.807) is 6.08 Å². The number of halogens is 1. The monoisotopic (exact) mass is 462 g/mol. The fourth-order valence-electron chi connectivity index (χ4n) is 2.47. The van der Waals surface area contributed by atoms with Crippen LogP contribution in [0.25, 0.3) is 6.08 Å². The average Bonchev–Trinajstić information content (AvgIpc) is 2.98. The lowest BCUT2D eigenvalue weighted by molar-refractivity contribution is -0.113. The van der Waals surface area contributed by atoms with E-state index in [2.05, 4.69) is 20.9 Å². The van der Waals surface area contributed by atoms with Crippen molar-refractivity contribution in [3.63, 3.8) is 0 Å². The fourth-order valence-corrected chi connectivity index (χ4v) is 3.73. The van der Waals surface area contributed by atoms with Crippen molar-refractivity contribution >= 4 is 44.8 Å². The van der Waals surface area contributed by atoms with Gasteiger partial charge in [0.2, 0.25) is 0 Å². The number of amides is 1. The Morgan fingerprint density at radius 1 is 1.14 bits per heavy atom. The highest BCUT2D eigenvalue weighted by molar-refractivity contribution is 9.10. The predicted molar refractivity (Wildman–Crippen MR) is 115 cm³/mol. The first-order valence-electron chi connectivity index (χ1n) is 8.62. The van der Waals surface area contributed by atoms with E-state index in [-0.39, 0.29) is 11.1 Å². The van der Waals surface area contributed by atoms with Crippen molar-refractivity contribution in [2.24, 2.45) is 10.7 Å². The molecule has 0 atom stereocenters. The number of aliphatic imine (C=N–C) groups is 1. The molecule has 28 heavy (non-hydrogen) atoms. The lowest BCUT2D eigenvalue weighted by Crippen LogP contribution is -2.10. The number of benzene rings is 2. The minimum Gasteiger partial charge on any atom is -0.490 e. The van der Waals surface area contributed by atoms with Crippen LogP contribution >= 0.6 is 27.7 Å². The molecule has 0 spiro atoms. The van der Waals surface area contributed by atoms with Crippen molar-refractivity contribution in [3.05, 3.63) is 57.4 Å². The molecule has 1 heterocycles. The van der Waals surface area contributed by atoms with Crippen LogP contribution in [0.3, 0.4) is 0 Å². The Balaban J connectivity index is 1.70. The quantitative estimate of drug-likeness (QED) is 0.466. The van der Waals surface area contributed by atoms with E-state index < -0.39 is 0 Å². The van der Waals surface area contributed by atoms with E-state index in [1.165, 1.54) is 0 Å². The standard InChI is InChI=1S/C20H19BrN2O4S/c1-2-25-16-11-13(12-17-19(24)23-20(22)28-17)10-15(21)18(16)27-9-8-26-14-6-4-3-5-7-14/h3-7,10-12H,2,8-9H2,1H3,(H2,22,23,24)/b17-12+. The van der Waals surface area contributed by atoms with E-state index >= 15 is 0 Å². The molecule has 0 fully saturated rings. The molecule has 2 N–H and O–H groups in total. The number of amidine groups is 1. The summed E-state index contributed by atoms with van der Waals surface area (Å²) in [6.45, 7) is 3.13. The molecule has 0 bridgehead atoms. The van der Waals surface area contributed by atoms with Gasteiger partial charge in [0.25, 0.3) is 5.91 Å². The Kier molecular flexibility index (Phi) is 7.00. The lowest BCUT2D eigenvalue weighted by atomic mass is 10.2. The third kappa shape index (κ3) is 5.30. The molecule has 1 aliphatic rings. The molecule has 3 rings (SSSR count). The van der Waals surface area contributed by atoms with E-state index in [1.807, 2.05) is 49.4 Å². The zero-order valence-corrected chi connectivity index (χ0v) is 17.6. The highest BCUT2D eigenvalue weighted by Gasteiger charge is 2.20. The van der Waals surface area contributed by atoms with Crippen LogP contribution in [0, 0.1) is 0 Å². The van der Waals surface area contributed by atoms with Crippen molar-refractivity contribution in [1.29, 1.82) is 0 Å². The second-order valence-corrected chi connectivity index (χ2v) is 7.56. The van der Waals surface area contributed by atoms with Gasteiger partial charge in [-0.1, -0.05) is 18.2 Å². The van der Waals surface area contributed by atoms with Crippen LogP contribution in [0.15, 0.2) is 56.8 Å². The summed E-state index contributed by atoms with van der Waals surface area (Å²) in [7, 11) is 0. The predicted octanol–water partition coefficient (Wildman–Crippen LogP) is 4.23. The van der Waals surface area contributed by atoms with Crippen molar-refractivity contribution in [2.75, 3.05) is 19.8 Å². The maximum atomic E-state index is 11.8. The van der Waals surface area contributed by atoms with Crippen molar-refractivity contribution in [3.8, 4) is 17.2 Å². The Bertz CT molecular complexity index is 916. The van der Waals surface area contributed by atoms with E-state index in [9.17, 15) is 4.79 Å². The normalized spacial score (nSPS) is 14.9. The molecule has 6 nitrogen and oxygen atoms in total. The van der Waals surface area contributed by atoms with E-state index in [0.29, 0.717) is 40.7 Å². The first kappa shape index (κ1) is 20.3. The van der Waals surface area contributed by atoms with Crippen LogP contribution < -0.4 is 19.9 Å². The summed E-state index contributed by atoms with van der Waals surface area (Å²) in [5.74, 6) is 1.61. The van der Waals surface area contributed by atoms with Crippen LogP contribution in [0.1, 0.15) is 12.5 Å². The van der Waals surface area contributed by atoms with Gasteiger partial charge in [0, 0.05) is 0 Å². The third-order valence-electron chi connectivity index (χ3n) is 3.61. The smallest absolute Gasteiger partial charge is 0.286 e. The summed E-state index contributed by atoms with van der Waals surface area (Å²) < 4.78 is 18.0. The fraction of sp³-hybridized carbons (Fsp3) is 0.200. The highest BCUT2D eigenvalue weighted by Crippen LogP contribution is 2.38. The molecule has 0 aliphatic carbocycles. The number of rotatable bonds is 8. The molecular formula is C20H19BrN2O4S. The molecule has 0 saturated heterocycles. The molecule has 2 aromatic rings. The number of nitrogens with two attached hydrogens (primary N) is 1. The van der Waals surface area contributed by atoms with Gasteiger partial charge in [-0.3, -0.25) is 4.79 Å². The van der Waals surface area contributed by atoms with Crippen LogP contribution in [0.4, 0.5) is 0 Å². The average molecular weight is 463 g/mol. The van der Waals surface area contributed by atoms with Gasteiger partial charge >= 0.3 is 0 Å². The van der Waals surface area contributed by atoms with Gasteiger partial charge in [-0.2, -0.15) is 4.99 Å². The molecule has 0 aromatic heterocycles. The van der Waals surface area contributed by atoms with E-state index in [4.69, 9.17) is 19.9 Å². The number of carbonyl (C=O) groups excluding carboxylic acids is 1. The Hall–Kier alpha value is -2.45. The number of hydrogen-bond donors (Lipinski definition) is 1. The van der Waals surface area contributed by atoms with Crippen LogP contribution in [-0.4, -0.2) is 30.9 Å². The molecule has 0 radical (unpaired) electrons. The summed E-state index contributed by atoms with van der Waals surface area (Å²) in [4.78, 5) is 16.0. The Morgan fingerprint density at radius 2 is 1.89 bits per heavy atom. The van der Waals surface area contributed by atoms with Gasteiger partial charge < -0.3 is 19.9 Å². The maximum Gasteiger partial charge on any atom is 0.286 e. The first-order chi connectivity index (χ1) is 13.6. The molecule has 0 saturated carbocycles. The Labute approximate surface area is 175 Å². The van der Waals surface area contributed by atoms with Crippen LogP contribution in [0.2, 0.25) is 0 Å². The van der Waals surface area contributed by atoms with Gasteiger partial charge in [-0.25, -0.2) is 0 Å². The molecule has 1 aliphatic heterocycles. The second kappa shape index (κ2) is 9.66. The minimum absolute atomic E-state index is 0.249.